The summed E-state index contributed by atoms with van der Waals surface area (Å²) in [5.74, 6) is 0.132. The van der Waals surface area contributed by atoms with Crippen molar-refractivity contribution in [2.75, 3.05) is 0 Å². The van der Waals surface area contributed by atoms with E-state index in [1.165, 1.54) is 10.9 Å². The van der Waals surface area contributed by atoms with Crippen LogP contribution in [-0.2, 0) is 4.79 Å². The van der Waals surface area contributed by atoms with Gasteiger partial charge in [-0.05, 0) is 30.4 Å². The highest BCUT2D eigenvalue weighted by molar-refractivity contribution is 6.40. The van der Waals surface area contributed by atoms with Crippen LogP contribution in [0.5, 0.6) is 0 Å². The van der Waals surface area contributed by atoms with Crippen LogP contribution in [0.4, 0.5) is 5.69 Å². The van der Waals surface area contributed by atoms with Crippen molar-refractivity contribution in [2.24, 2.45) is 4.99 Å². The van der Waals surface area contributed by atoms with E-state index in [2.05, 4.69) is 30.1 Å². The first-order valence-electron chi connectivity index (χ1n) is 6.76. The molecule has 0 saturated carbocycles. The molecule has 0 N–H and O–H groups in total. The predicted octanol–water partition coefficient (Wildman–Crippen LogP) is 4.61. The first-order chi connectivity index (χ1) is 9.17. The van der Waals surface area contributed by atoms with E-state index in [9.17, 15) is 4.79 Å². The molecule has 2 rings (SSSR count). The standard InChI is InChI=1S/C17H19NO/c1-4-14(16(19)5-2)18-15-11-7-10-13-9-6-8-12(3)17(13)15/h6-11H,4-5H2,1-3H3. The number of rotatable bonds is 4. The van der Waals surface area contributed by atoms with Crippen molar-refractivity contribution < 1.29 is 4.79 Å². The lowest BCUT2D eigenvalue weighted by Crippen LogP contribution is -2.10. The molecule has 0 aliphatic carbocycles. The van der Waals surface area contributed by atoms with E-state index in [0.717, 1.165) is 11.1 Å². The number of hydrogen-bond acceptors (Lipinski definition) is 2. The molecule has 19 heavy (non-hydrogen) atoms. The maximum atomic E-state index is 11.8. The summed E-state index contributed by atoms with van der Waals surface area (Å²) in [5.41, 5.74) is 2.75. The largest absolute Gasteiger partial charge is 0.293 e. The number of benzene rings is 2. The van der Waals surface area contributed by atoms with E-state index < -0.39 is 0 Å². The number of carbonyl (C=O) groups excluding carboxylic acids is 1. The minimum absolute atomic E-state index is 0.132. The summed E-state index contributed by atoms with van der Waals surface area (Å²) in [6.07, 6.45) is 1.19. The lowest BCUT2D eigenvalue weighted by atomic mass is 10.0. The second-order valence-electron chi connectivity index (χ2n) is 4.64. The average molecular weight is 253 g/mol. The molecule has 0 atom stereocenters. The first-order valence-corrected chi connectivity index (χ1v) is 6.76. The molecule has 0 spiro atoms. The second kappa shape index (κ2) is 5.79. The Morgan fingerprint density at radius 1 is 1.05 bits per heavy atom. The Hall–Kier alpha value is -1.96. The third-order valence-corrected chi connectivity index (χ3v) is 3.32. The summed E-state index contributed by atoms with van der Waals surface area (Å²) in [4.78, 5) is 16.4. The van der Waals surface area contributed by atoms with Crippen LogP contribution in [-0.4, -0.2) is 11.5 Å². The zero-order valence-electron chi connectivity index (χ0n) is 11.7. The third kappa shape index (κ3) is 2.73. The number of hydrogen-bond donors (Lipinski definition) is 0. The number of ketones is 1. The first kappa shape index (κ1) is 13.5. The highest BCUT2D eigenvalue weighted by atomic mass is 16.1. The van der Waals surface area contributed by atoms with Crippen molar-refractivity contribution in [3.63, 3.8) is 0 Å². The average Bonchev–Trinajstić information content (AvgIpc) is 2.44. The molecular weight excluding hydrogens is 234 g/mol. The van der Waals surface area contributed by atoms with Gasteiger partial charge in [0.05, 0.1) is 11.4 Å². The second-order valence-corrected chi connectivity index (χ2v) is 4.64. The van der Waals surface area contributed by atoms with Crippen LogP contribution in [0.3, 0.4) is 0 Å². The van der Waals surface area contributed by atoms with E-state index >= 15 is 0 Å². The van der Waals surface area contributed by atoms with E-state index in [0.29, 0.717) is 18.6 Å². The predicted molar refractivity (Wildman–Crippen MR) is 81.4 cm³/mol. The van der Waals surface area contributed by atoms with Crippen LogP contribution in [0.1, 0.15) is 32.3 Å². The molecule has 98 valence electrons. The summed E-state index contributed by atoms with van der Waals surface area (Å²) in [5, 5.41) is 2.31. The molecule has 0 aliphatic rings. The molecule has 0 saturated heterocycles. The molecule has 0 fully saturated rings. The van der Waals surface area contributed by atoms with Gasteiger partial charge in [0.2, 0.25) is 0 Å². The molecule has 0 amide bonds. The van der Waals surface area contributed by atoms with Gasteiger partial charge in [0.25, 0.3) is 0 Å². The Morgan fingerprint density at radius 3 is 2.37 bits per heavy atom. The van der Waals surface area contributed by atoms with Crippen LogP contribution in [0.2, 0.25) is 0 Å². The zero-order valence-corrected chi connectivity index (χ0v) is 11.7. The van der Waals surface area contributed by atoms with E-state index in [1.807, 2.05) is 32.0 Å². The minimum Gasteiger partial charge on any atom is -0.293 e. The highest BCUT2D eigenvalue weighted by Gasteiger charge is 2.09. The molecule has 0 heterocycles. The molecule has 2 aromatic carbocycles. The maximum absolute atomic E-state index is 11.8. The smallest absolute Gasteiger partial charge is 0.176 e. The van der Waals surface area contributed by atoms with Gasteiger partial charge in [-0.25, -0.2) is 4.99 Å². The van der Waals surface area contributed by atoms with E-state index in [1.54, 1.807) is 0 Å². The van der Waals surface area contributed by atoms with Crippen LogP contribution in [0.15, 0.2) is 41.4 Å². The van der Waals surface area contributed by atoms with Crippen LogP contribution >= 0.6 is 0 Å². The number of aryl methyl sites for hydroxylation is 1. The summed E-state index contributed by atoms with van der Waals surface area (Å²) < 4.78 is 0. The highest BCUT2D eigenvalue weighted by Crippen LogP contribution is 2.29. The Kier molecular flexibility index (Phi) is 4.10. The Balaban J connectivity index is 2.63. The van der Waals surface area contributed by atoms with Crippen molar-refractivity contribution in [2.45, 2.75) is 33.6 Å². The molecule has 0 aromatic heterocycles. The van der Waals surface area contributed by atoms with Gasteiger partial charge in [0.1, 0.15) is 0 Å². The Labute approximate surface area is 114 Å². The van der Waals surface area contributed by atoms with Crippen LogP contribution in [0, 0.1) is 6.92 Å². The lowest BCUT2D eigenvalue weighted by molar-refractivity contribution is -0.112. The van der Waals surface area contributed by atoms with E-state index in [-0.39, 0.29) is 5.78 Å². The fourth-order valence-corrected chi connectivity index (χ4v) is 2.29. The molecule has 0 aliphatic heterocycles. The number of nitrogens with zero attached hydrogens (tertiary/aromatic N) is 1. The molecule has 2 aromatic rings. The van der Waals surface area contributed by atoms with Gasteiger partial charge < -0.3 is 0 Å². The molecule has 0 radical (unpaired) electrons. The molecule has 2 heteroatoms. The van der Waals surface area contributed by atoms with Crippen molar-refractivity contribution in [3.8, 4) is 0 Å². The van der Waals surface area contributed by atoms with Crippen LogP contribution < -0.4 is 0 Å². The van der Waals surface area contributed by atoms with Gasteiger partial charge in [-0.1, -0.05) is 44.2 Å². The number of aliphatic imine (C=N–C) groups is 1. The molecular formula is C17H19NO. The Morgan fingerprint density at radius 2 is 1.74 bits per heavy atom. The van der Waals surface area contributed by atoms with Gasteiger partial charge in [0.15, 0.2) is 5.78 Å². The molecule has 0 unspecified atom stereocenters. The number of carbonyl (C=O) groups is 1. The summed E-state index contributed by atoms with van der Waals surface area (Å²) in [6.45, 7) is 5.93. The summed E-state index contributed by atoms with van der Waals surface area (Å²) in [6, 6.07) is 12.2. The van der Waals surface area contributed by atoms with Crippen molar-refractivity contribution in [3.05, 3.63) is 42.0 Å². The SMILES string of the molecule is CCC(=O)C(CC)=Nc1cccc2cccc(C)c12. The Bertz CT molecular complexity index is 636. The van der Waals surface area contributed by atoms with Gasteiger partial charge >= 0.3 is 0 Å². The van der Waals surface area contributed by atoms with Gasteiger partial charge in [-0.15, -0.1) is 0 Å². The third-order valence-electron chi connectivity index (χ3n) is 3.32. The van der Waals surface area contributed by atoms with Gasteiger partial charge in [-0.2, -0.15) is 0 Å². The van der Waals surface area contributed by atoms with Crippen molar-refractivity contribution in [1.29, 1.82) is 0 Å². The lowest BCUT2D eigenvalue weighted by Gasteiger charge is -2.07. The quantitative estimate of drug-likeness (QED) is 0.732. The molecule has 2 nitrogen and oxygen atoms in total. The normalized spacial score (nSPS) is 11.8. The van der Waals surface area contributed by atoms with Gasteiger partial charge in [-0.3, -0.25) is 4.79 Å². The van der Waals surface area contributed by atoms with Crippen LogP contribution in [0.25, 0.3) is 10.8 Å². The molecule has 0 bridgehead atoms. The number of fused-ring (bicyclic) bond motifs is 1. The maximum Gasteiger partial charge on any atom is 0.176 e. The monoisotopic (exact) mass is 253 g/mol. The summed E-state index contributed by atoms with van der Waals surface area (Å²) >= 11 is 0. The topological polar surface area (TPSA) is 29.4 Å². The van der Waals surface area contributed by atoms with Crippen molar-refractivity contribution in [1.82, 2.24) is 0 Å². The van der Waals surface area contributed by atoms with E-state index in [4.69, 9.17) is 0 Å². The van der Waals surface area contributed by atoms with Crippen molar-refractivity contribution >= 4 is 28.0 Å². The van der Waals surface area contributed by atoms with Gasteiger partial charge in [0, 0.05) is 11.8 Å². The summed E-state index contributed by atoms with van der Waals surface area (Å²) in [7, 11) is 0. The fraction of sp³-hybridized carbons (Fsp3) is 0.294. The zero-order chi connectivity index (χ0) is 13.8. The fourth-order valence-electron chi connectivity index (χ4n) is 2.29. The number of Topliss-reactive ketones (excluding diaryl/α,β-unsaturated/α-hetero) is 1. The minimum atomic E-state index is 0.132.